The van der Waals surface area contributed by atoms with Crippen LogP contribution in [-0.2, 0) is 11.2 Å². The number of anilines is 1. The molecule has 1 amide bonds. The first-order valence-corrected chi connectivity index (χ1v) is 12.4. The molecule has 1 atom stereocenters. The molecule has 170 valence electrons. The van der Waals surface area contributed by atoms with Gasteiger partial charge in [0.05, 0.1) is 10.4 Å². The average Bonchev–Trinajstić information content (AvgIpc) is 3.39. The Balaban J connectivity index is 1.66. The lowest BCUT2D eigenvalue weighted by atomic mass is 10.1. The molecule has 5 nitrogen and oxygen atoms in total. The molecule has 4 aromatic rings. The Kier molecular flexibility index (Phi) is 7.68. The van der Waals surface area contributed by atoms with Crippen LogP contribution in [0, 0.1) is 0 Å². The lowest BCUT2D eigenvalue weighted by Crippen LogP contribution is -2.36. The number of amides is 1. The van der Waals surface area contributed by atoms with Crippen molar-refractivity contribution in [2.45, 2.75) is 39.2 Å². The fourth-order valence-electron chi connectivity index (χ4n) is 3.73. The van der Waals surface area contributed by atoms with Crippen LogP contribution in [0.3, 0.4) is 0 Å². The van der Waals surface area contributed by atoms with Crippen LogP contribution in [0.5, 0.6) is 0 Å². The second kappa shape index (κ2) is 11.1. The molecule has 0 fully saturated rings. The van der Waals surface area contributed by atoms with E-state index < -0.39 is 0 Å². The summed E-state index contributed by atoms with van der Waals surface area (Å²) in [6.45, 7) is 5.48. The molecule has 2 heterocycles. The van der Waals surface area contributed by atoms with Gasteiger partial charge in [-0.25, -0.2) is 9.97 Å². The zero-order valence-electron chi connectivity index (χ0n) is 19.2. The molecular formula is C27H30N4OS. The van der Waals surface area contributed by atoms with E-state index >= 15 is 0 Å². The van der Waals surface area contributed by atoms with Crippen LogP contribution in [0.25, 0.3) is 21.6 Å². The number of hydrogen-bond acceptors (Lipinski definition) is 5. The summed E-state index contributed by atoms with van der Waals surface area (Å²) < 4.78 is 0. The van der Waals surface area contributed by atoms with Crippen LogP contribution in [0.4, 0.5) is 5.82 Å². The van der Waals surface area contributed by atoms with E-state index in [1.807, 2.05) is 48.7 Å². The van der Waals surface area contributed by atoms with Gasteiger partial charge in [0.1, 0.15) is 5.82 Å². The highest BCUT2D eigenvalue weighted by Gasteiger charge is 2.17. The van der Waals surface area contributed by atoms with E-state index in [-0.39, 0.29) is 11.9 Å². The summed E-state index contributed by atoms with van der Waals surface area (Å²) in [5, 5.41) is 6.13. The highest BCUT2D eigenvalue weighted by atomic mass is 32.1. The average molecular weight is 459 g/mol. The van der Waals surface area contributed by atoms with Gasteiger partial charge in [-0.05, 0) is 48.9 Å². The summed E-state index contributed by atoms with van der Waals surface area (Å²) >= 11 is 1.64. The summed E-state index contributed by atoms with van der Waals surface area (Å²) in [5.41, 5.74) is 2.18. The van der Waals surface area contributed by atoms with Gasteiger partial charge in [-0.15, -0.1) is 11.3 Å². The topological polar surface area (TPSA) is 58.1 Å². The number of benzene rings is 2. The van der Waals surface area contributed by atoms with Gasteiger partial charge in [-0.1, -0.05) is 55.5 Å². The number of carbonyl (C=O) groups is 1. The van der Waals surface area contributed by atoms with Crippen molar-refractivity contribution in [2.75, 3.05) is 18.0 Å². The third-order valence-electron chi connectivity index (χ3n) is 5.77. The number of carbonyl (C=O) groups excluding carboxylic acids is 1. The molecule has 2 aromatic heterocycles. The van der Waals surface area contributed by atoms with E-state index in [9.17, 15) is 4.79 Å². The largest absolute Gasteiger partial charge is 0.355 e. The van der Waals surface area contributed by atoms with Gasteiger partial charge in [0.25, 0.3) is 0 Å². The summed E-state index contributed by atoms with van der Waals surface area (Å²) in [6.07, 6.45) is 2.22. The number of hydrogen-bond donors (Lipinski definition) is 1. The number of para-hydroxylation sites is 1. The second-order valence-corrected chi connectivity index (χ2v) is 9.16. The van der Waals surface area contributed by atoms with Crippen molar-refractivity contribution in [3.05, 3.63) is 77.7 Å². The Labute approximate surface area is 199 Å². The molecular weight excluding hydrogens is 428 g/mol. The van der Waals surface area contributed by atoms with E-state index in [0.29, 0.717) is 13.0 Å². The maximum atomic E-state index is 12.6. The Hall–Kier alpha value is -3.25. The minimum Gasteiger partial charge on any atom is -0.355 e. The van der Waals surface area contributed by atoms with Crippen molar-refractivity contribution in [2.24, 2.45) is 0 Å². The predicted molar refractivity (Wildman–Crippen MR) is 138 cm³/mol. The van der Waals surface area contributed by atoms with Crippen molar-refractivity contribution < 1.29 is 4.79 Å². The van der Waals surface area contributed by atoms with Crippen LogP contribution in [-0.4, -0.2) is 35.0 Å². The third-order valence-corrected chi connectivity index (χ3v) is 6.63. The zero-order chi connectivity index (χ0) is 23.0. The molecule has 0 bridgehead atoms. The zero-order valence-corrected chi connectivity index (χ0v) is 20.0. The van der Waals surface area contributed by atoms with E-state index in [2.05, 4.69) is 47.5 Å². The number of rotatable bonds is 10. The third kappa shape index (κ3) is 5.96. The van der Waals surface area contributed by atoms with Gasteiger partial charge in [0.2, 0.25) is 5.91 Å². The molecule has 0 radical (unpaired) electrons. The number of aromatic nitrogens is 2. The van der Waals surface area contributed by atoms with Crippen molar-refractivity contribution in [1.82, 2.24) is 15.3 Å². The summed E-state index contributed by atoms with van der Waals surface area (Å²) in [5.74, 6) is 1.69. The maximum Gasteiger partial charge on any atom is 0.221 e. The first kappa shape index (κ1) is 22.9. The standard InChI is InChI=1S/C27H30N4OS/c1-3-20(2)28-25(32)16-18-31(17-15-21-10-5-4-6-11-21)27-22-12-7-8-13-23(22)29-26(30-27)24-14-9-19-33-24/h4-14,19-20H,3,15-18H2,1-2H3,(H,28,32)/t20-/m1/s1. The monoisotopic (exact) mass is 458 g/mol. The van der Waals surface area contributed by atoms with E-state index in [0.717, 1.165) is 46.8 Å². The van der Waals surface area contributed by atoms with Crippen molar-refractivity contribution in [3.63, 3.8) is 0 Å². The van der Waals surface area contributed by atoms with Crippen molar-refractivity contribution in [1.29, 1.82) is 0 Å². The Bertz CT molecular complexity index is 1180. The quantitative estimate of drug-likeness (QED) is 0.331. The van der Waals surface area contributed by atoms with Crippen molar-refractivity contribution in [3.8, 4) is 10.7 Å². The van der Waals surface area contributed by atoms with Gasteiger partial charge in [-0.2, -0.15) is 0 Å². The highest BCUT2D eigenvalue weighted by molar-refractivity contribution is 7.13. The summed E-state index contributed by atoms with van der Waals surface area (Å²) in [6, 6.07) is 22.8. The predicted octanol–water partition coefficient (Wildman–Crippen LogP) is 5.71. The number of nitrogens with zero attached hydrogens (tertiary/aromatic N) is 3. The van der Waals surface area contributed by atoms with Crippen molar-refractivity contribution >= 4 is 34.0 Å². The molecule has 0 aliphatic carbocycles. The number of thiophene rings is 1. The first-order chi connectivity index (χ1) is 16.1. The van der Waals surface area contributed by atoms with E-state index in [1.165, 1.54) is 5.56 Å². The highest BCUT2D eigenvalue weighted by Crippen LogP contribution is 2.29. The normalized spacial score (nSPS) is 11.9. The Morgan fingerprint density at radius 3 is 2.55 bits per heavy atom. The fraction of sp³-hybridized carbons (Fsp3) is 0.296. The summed E-state index contributed by atoms with van der Waals surface area (Å²) in [4.78, 5) is 25.7. The van der Waals surface area contributed by atoms with E-state index in [4.69, 9.17) is 9.97 Å². The number of fused-ring (bicyclic) bond motifs is 1. The van der Waals surface area contributed by atoms with Gasteiger partial charge >= 0.3 is 0 Å². The molecule has 0 saturated carbocycles. The van der Waals surface area contributed by atoms with Crippen LogP contribution in [0.15, 0.2) is 72.1 Å². The smallest absolute Gasteiger partial charge is 0.221 e. The van der Waals surface area contributed by atoms with Gasteiger partial charge in [-0.3, -0.25) is 4.79 Å². The molecule has 1 N–H and O–H groups in total. The van der Waals surface area contributed by atoms with Gasteiger partial charge in [0, 0.05) is 30.9 Å². The lowest BCUT2D eigenvalue weighted by Gasteiger charge is -2.26. The molecule has 0 aliphatic heterocycles. The van der Waals surface area contributed by atoms with Gasteiger partial charge in [0.15, 0.2) is 5.82 Å². The molecule has 4 rings (SSSR count). The molecule has 0 unspecified atom stereocenters. The summed E-state index contributed by atoms with van der Waals surface area (Å²) in [7, 11) is 0. The SMILES string of the molecule is CC[C@@H](C)NC(=O)CCN(CCc1ccccc1)c1nc(-c2cccs2)nc2ccccc12. The Morgan fingerprint density at radius 1 is 1.00 bits per heavy atom. The molecule has 33 heavy (non-hydrogen) atoms. The van der Waals surface area contributed by atoms with Crippen LogP contribution in [0.1, 0.15) is 32.3 Å². The maximum absolute atomic E-state index is 12.6. The fourth-order valence-corrected chi connectivity index (χ4v) is 4.39. The molecule has 0 saturated heterocycles. The molecule has 2 aromatic carbocycles. The van der Waals surface area contributed by atoms with Crippen LogP contribution < -0.4 is 10.2 Å². The van der Waals surface area contributed by atoms with Crippen LogP contribution in [0.2, 0.25) is 0 Å². The minimum absolute atomic E-state index is 0.0749. The van der Waals surface area contributed by atoms with Crippen LogP contribution >= 0.6 is 11.3 Å². The van der Waals surface area contributed by atoms with Gasteiger partial charge < -0.3 is 10.2 Å². The first-order valence-electron chi connectivity index (χ1n) is 11.5. The molecule has 0 aliphatic rings. The lowest BCUT2D eigenvalue weighted by molar-refractivity contribution is -0.121. The second-order valence-electron chi connectivity index (χ2n) is 8.21. The Morgan fingerprint density at radius 2 is 1.79 bits per heavy atom. The molecule has 0 spiro atoms. The number of nitrogens with one attached hydrogen (secondary N) is 1. The minimum atomic E-state index is 0.0749. The molecule has 6 heteroatoms. The van der Waals surface area contributed by atoms with E-state index in [1.54, 1.807) is 11.3 Å².